The van der Waals surface area contributed by atoms with Crippen LogP contribution in [0.3, 0.4) is 0 Å². The van der Waals surface area contributed by atoms with E-state index in [1.807, 2.05) is 32.0 Å². The third kappa shape index (κ3) is 10.3. The minimum absolute atomic E-state index is 0.00594. The largest absolute Gasteiger partial charge is 0.466 e. The van der Waals surface area contributed by atoms with Gasteiger partial charge in [0.1, 0.15) is 17.7 Å². The van der Waals surface area contributed by atoms with E-state index >= 15 is 0 Å². The van der Waals surface area contributed by atoms with Crippen molar-refractivity contribution in [2.24, 2.45) is 0 Å². The summed E-state index contributed by atoms with van der Waals surface area (Å²) in [5.74, 6) is -1.46. The first-order valence-corrected chi connectivity index (χ1v) is 12.5. The zero-order valence-corrected chi connectivity index (χ0v) is 22.9. The van der Waals surface area contributed by atoms with Crippen molar-refractivity contribution in [3.63, 3.8) is 0 Å². The molecule has 0 saturated heterocycles. The summed E-state index contributed by atoms with van der Waals surface area (Å²) in [5.41, 5.74) is 1.66. The molecule has 0 saturated carbocycles. The predicted octanol–water partition coefficient (Wildman–Crippen LogP) is 3.25. The molecule has 1 aromatic rings. The van der Waals surface area contributed by atoms with Crippen molar-refractivity contribution >= 4 is 36.5 Å². The molecular formula is C26H39N3O6S. The van der Waals surface area contributed by atoms with Gasteiger partial charge in [0, 0.05) is 18.8 Å². The zero-order valence-electron chi connectivity index (χ0n) is 22.1. The molecule has 0 radical (unpaired) electrons. The molecule has 10 heteroatoms. The molecule has 1 rings (SSSR count). The van der Waals surface area contributed by atoms with Crippen LogP contribution in [0.25, 0.3) is 0 Å². The fourth-order valence-corrected chi connectivity index (χ4v) is 3.80. The molecule has 200 valence electrons. The molecule has 0 aliphatic heterocycles. The van der Waals surface area contributed by atoms with Crippen molar-refractivity contribution < 1.29 is 28.7 Å². The fraction of sp³-hybridized carbons (Fsp3) is 0.538. The average molecular weight is 522 g/mol. The number of aryl methyl sites for hydroxylation is 2. The van der Waals surface area contributed by atoms with Gasteiger partial charge in [0.2, 0.25) is 11.8 Å². The average Bonchev–Trinajstić information content (AvgIpc) is 2.75. The van der Waals surface area contributed by atoms with Crippen LogP contribution >= 0.6 is 12.6 Å². The maximum atomic E-state index is 13.6. The van der Waals surface area contributed by atoms with Crippen molar-refractivity contribution in [2.75, 3.05) is 25.4 Å². The first kappa shape index (κ1) is 31.0. The van der Waals surface area contributed by atoms with Crippen molar-refractivity contribution in [1.82, 2.24) is 15.5 Å². The second-order valence-corrected chi connectivity index (χ2v) is 9.70. The lowest BCUT2D eigenvalue weighted by Crippen LogP contribution is -2.54. The molecule has 0 aromatic heterocycles. The Morgan fingerprint density at radius 2 is 1.75 bits per heavy atom. The third-order valence-corrected chi connectivity index (χ3v) is 5.20. The van der Waals surface area contributed by atoms with Gasteiger partial charge in [-0.05, 0) is 47.1 Å². The van der Waals surface area contributed by atoms with Gasteiger partial charge in [-0.1, -0.05) is 35.4 Å². The van der Waals surface area contributed by atoms with Crippen LogP contribution in [-0.2, 0) is 23.9 Å². The van der Waals surface area contributed by atoms with Crippen LogP contribution in [0.2, 0.25) is 0 Å². The minimum Gasteiger partial charge on any atom is -0.466 e. The SMILES string of the molecule is C=CCN(C(=O)C(CS)NC(=O)OC(C)(C)C)C(C(=O)NCCC(=O)OCC)c1cc(C)cc(C)c1. The molecule has 0 spiro atoms. The third-order valence-electron chi connectivity index (χ3n) is 4.83. The number of esters is 1. The van der Waals surface area contributed by atoms with Crippen LogP contribution in [0.1, 0.15) is 56.8 Å². The second kappa shape index (κ2) is 14.5. The van der Waals surface area contributed by atoms with Crippen molar-refractivity contribution in [1.29, 1.82) is 0 Å². The molecule has 9 nitrogen and oxygen atoms in total. The number of carbonyl (C=O) groups excluding carboxylic acids is 4. The first-order valence-electron chi connectivity index (χ1n) is 11.9. The van der Waals surface area contributed by atoms with Gasteiger partial charge in [-0.25, -0.2) is 4.79 Å². The van der Waals surface area contributed by atoms with E-state index in [-0.39, 0.29) is 31.9 Å². The number of nitrogens with zero attached hydrogens (tertiary/aromatic N) is 1. The highest BCUT2D eigenvalue weighted by Crippen LogP contribution is 2.25. The van der Waals surface area contributed by atoms with Gasteiger partial charge in [0.15, 0.2) is 0 Å². The lowest BCUT2D eigenvalue weighted by atomic mass is 9.98. The number of thiol groups is 1. The summed E-state index contributed by atoms with van der Waals surface area (Å²) in [6, 6.07) is 3.51. The molecule has 0 fully saturated rings. The minimum atomic E-state index is -1.05. The van der Waals surface area contributed by atoms with Crippen molar-refractivity contribution in [2.45, 2.75) is 65.6 Å². The fourth-order valence-electron chi connectivity index (χ4n) is 3.56. The number of amides is 3. The van der Waals surface area contributed by atoms with Gasteiger partial charge >= 0.3 is 12.1 Å². The maximum absolute atomic E-state index is 13.6. The molecule has 0 aliphatic carbocycles. The van der Waals surface area contributed by atoms with Crippen LogP contribution in [0.5, 0.6) is 0 Å². The van der Waals surface area contributed by atoms with E-state index < -0.39 is 41.6 Å². The van der Waals surface area contributed by atoms with E-state index in [0.717, 1.165) is 11.1 Å². The van der Waals surface area contributed by atoms with Gasteiger partial charge in [-0.2, -0.15) is 12.6 Å². The number of rotatable bonds is 12. The highest BCUT2D eigenvalue weighted by atomic mass is 32.1. The lowest BCUT2D eigenvalue weighted by Gasteiger charge is -2.33. The number of benzene rings is 1. The summed E-state index contributed by atoms with van der Waals surface area (Å²) in [6.45, 7) is 14.7. The topological polar surface area (TPSA) is 114 Å². The van der Waals surface area contributed by atoms with Crippen LogP contribution in [0, 0.1) is 13.8 Å². The van der Waals surface area contributed by atoms with Gasteiger partial charge < -0.3 is 25.0 Å². The molecule has 2 atom stereocenters. The van der Waals surface area contributed by atoms with Crippen LogP contribution in [0.15, 0.2) is 30.9 Å². The molecule has 36 heavy (non-hydrogen) atoms. The Labute approximate surface area is 219 Å². The number of ether oxygens (including phenoxy) is 2. The smallest absolute Gasteiger partial charge is 0.408 e. The molecular weight excluding hydrogens is 482 g/mol. The highest BCUT2D eigenvalue weighted by molar-refractivity contribution is 7.80. The van der Waals surface area contributed by atoms with Crippen molar-refractivity contribution in [3.05, 3.63) is 47.5 Å². The highest BCUT2D eigenvalue weighted by Gasteiger charge is 2.35. The van der Waals surface area contributed by atoms with Crippen LogP contribution < -0.4 is 10.6 Å². The van der Waals surface area contributed by atoms with E-state index in [9.17, 15) is 19.2 Å². The second-order valence-electron chi connectivity index (χ2n) is 9.33. The van der Waals surface area contributed by atoms with E-state index in [1.54, 1.807) is 27.7 Å². The molecule has 1 aromatic carbocycles. The Bertz CT molecular complexity index is 924. The predicted molar refractivity (Wildman–Crippen MR) is 142 cm³/mol. The Balaban J connectivity index is 3.32. The Morgan fingerprint density at radius 1 is 1.14 bits per heavy atom. The summed E-state index contributed by atoms with van der Waals surface area (Å²) < 4.78 is 10.2. The lowest BCUT2D eigenvalue weighted by molar-refractivity contribution is -0.144. The number of hydrogen-bond donors (Lipinski definition) is 3. The van der Waals surface area contributed by atoms with Gasteiger partial charge in [-0.3, -0.25) is 14.4 Å². The van der Waals surface area contributed by atoms with Gasteiger partial charge in [0.25, 0.3) is 0 Å². The van der Waals surface area contributed by atoms with Crippen molar-refractivity contribution in [3.8, 4) is 0 Å². The monoisotopic (exact) mass is 521 g/mol. The molecule has 0 bridgehead atoms. The number of alkyl carbamates (subject to hydrolysis) is 1. The van der Waals surface area contributed by atoms with E-state index in [1.165, 1.54) is 11.0 Å². The molecule has 2 N–H and O–H groups in total. The Morgan fingerprint density at radius 3 is 2.25 bits per heavy atom. The quantitative estimate of drug-likeness (QED) is 0.221. The maximum Gasteiger partial charge on any atom is 0.408 e. The van der Waals surface area contributed by atoms with E-state index in [4.69, 9.17) is 9.47 Å². The molecule has 0 aliphatic rings. The standard InChI is InChI=1S/C26H39N3O6S/c1-8-12-29(24(32)20(16-36)28-25(33)35-26(5,6)7)22(19-14-17(3)13-18(4)15-19)23(31)27-11-10-21(30)34-9-2/h8,13-15,20,22,36H,1,9-12,16H2,2-7H3,(H,27,31)(H,28,33). The Hall–Kier alpha value is -3.01. The normalized spacial score (nSPS) is 12.6. The number of carbonyl (C=O) groups is 4. The summed E-state index contributed by atoms with van der Waals surface area (Å²) in [6.07, 6.45) is 0.728. The molecule has 2 unspecified atom stereocenters. The van der Waals surface area contributed by atoms with E-state index in [2.05, 4.69) is 29.8 Å². The summed E-state index contributed by atoms with van der Waals surface area (Å²) in [5, 5.41) is 5.28. The zero-order chi connectivity index (χ0) is 27.5. The number of nitrogens with one attached hydrogen (secondary N) is 2. The van der Waals surface area contributed by atoms with Crippen LogP contribution in [0.4, 0.5) is 4.79 Å². The summed E-state index contributed by atoms with van der Waals surface area (Å²) in [7, 11) is 0. The molecule has 3 amide bonds. The summed E-state index contributed by atoms with van der Waals surface area (Å²) in [4.78, 5) is 52.5. The number of hydrogen-bond acceptors (Lipinski definition) is 7. The van der Waals surface area contributed by atoms with Gasteiger partial charge in [-0.15, -0.1) is 6.58 Å². The molecule has 0 heterocycles. The Kier molecular flexibility index (Phi) is 12.5. The summed E-state index contributed by atoms with van der Waals surface area (Å²) >= 11 is 4.25. The van der Waals surface area contributed by atoms with E-state index in [0.29, 0.717) is 5.56 Å². The van der Waals surface area contributed by atoms with Gasteiger partial charge in [0.05, 0.1) is 13.0 Å². The van der Waals surface area contributed by atoms with Crippen LogP contribution in [-0.4, -0.2) is 65.9 Å². The first-order chi connectivity index (χ1) is 16.8.